The van der Waals surface area contributed by atoms with Gasteiger partial charge in [0.15, 0.2) is 0 Å². The van der Waals surface area contributed by atoms with E-state index in [2.05, 4.69) is 9.71 Å². The fraction of sp³-hybridized carbons (Fsp3) is 0.105. The Bertz CT molecular complexity index is 922. The van der Waals surface area contributed by atoms with Crippen molar-refractivity contribution in [3.05, 3.63) is 95.6 Å². The minimum Gasteiger partial charge on any atom is -0.259 e. The maximum absolute atomic E-state index is 13.6. The molecule has 3 aromatic rings. The van der Waals surface area contributed by atoms with Crippen molar-refractivity contribution in [1.82, 2.24) is 9.71 Å². The molecule has 1 N–H and O–H groups in total. The molecule has 128 valence electrons. The van der Waals surface area contributed by atoms with Crippen LogP contribution in [0.25, 0.3) is 0 Å². The number of pyridine rings is 1. The summed E-state index contributed by atoms with van der Waals surface area (Å²) in [5.74, 6) is -0.597. The van der Waals surface area contributed by atoms with Gasteiger partial charge in [-0.1, -0.05) is 42.5 Å². The van der Waals surface area contributed by atoms with Gasteiger partial charge in [-0.2, -0.15) is 4.72 Å². The minimum atomic E-state index is -3.94. The predicted molar refractivity (Wildman–Crippen MR) is 94.0 cm³/mol. The van der Waals surface area contributed by atoms with Crippen LogP contribution in [0.5, 0.6) is 0 Å². The molecule has 0 fully saturated rings. The molecule has 3 rings (SSSR count). The van der Waals surface area contributed by atoms with Crippen molar-refractivity contribution in [3.63, 3.8) is 0 Å². The monoisotopic (exact) mass is 356 g/mol. The number of sulfonamides is 1. The summed E-state index contributed by atoms with van der Waals surface area (Å²) in [4.78, 5) is 4.19. The molecular weight excluding hydrogens is 339 g/mol. The van der Waals surface area contributed by atoms with Gasteiger partial charge in [0, 0.05) is 6.20 Å². The van der Waals surface area contributed by atoms with Crippen molar-refractivity contribution >= 4 is 10.0 Å². The maximum Gasteiger partial charge on any atom is 0.241 e. The highest BCUT2D eigenvalue weighted by Crippen LogP contribution is 2.24. The number of hydrogen-bond donors (Lipinski definition) is 1. The lowest BCUT2D eigenvalue weighted by Crippen LogP contribution is -2.30. The Kier molecular flexibility index (Phi) is 4.92. The van der Waals surface area contributed by atoms with Gasteiger partial charge < -0.3 is 0 Å². The second-order valence-electron chi connectivity index (χ2n) is 5.63. The van der Waals surface area contributed by atoms with Crippen molar-refractivity contribution in [2.45, 2.75) is 17.9 Å². The molecule has 0 aliphatic heterocycles. The van der Waals surface area contributed by atoms with Gasteiger partial charge in [-0.05, 0) is 42.3 Å². The number of aryl methyl sites for hydroxylation is 1. The Labute approximate surface area is 146 Å². The zero-order valence-corrected chi connectivity index (χ0v) is 14.4. The van der Waals surface area contributed by atoms with Crippen molar-refractivity contribution in [1.29, 1.82) is 0 Å². The number of benzene rings is 2. The molecule has 0 bridgehead atoms. The first-order chi connectivity index (χ1) is 12.0. The van der Waals surface area contributed by atoms with Crippen molar-refractivity contribution in [2.75, 3.05) is 0 Å². The number of aromatic nitrogens is 1. The van der Waals surface area contributed by atoms with Crippen molar-refractivity contribution in [2.24, 2.45) is 0 Å². The quantitative estimate of drug-likeness (QED) is 0.760. The van der Waals surface area contributed by atoms with Crippen LogP contribution in [0.1, 0.15) is 22.9 Å². The second-order valence-corrected chi connectivity index (χ2v) is 7.31. The standard InChI is InChI=1S/C19H17FN2O2S/c1-14-10-11-16(20)13-18(14)25(23,24)22-19(15-7-3-2-4-8-15)17-9-5-6-12-21-17/h2-13,19,22H,1H3. The molecule has 4 nitrogen and oxygen atoms in total. The SMILES string of the molecule is Cc1ccc(F)cc1S(=O)(=O)NC(c1ccccc1)c1ccccn1. The fourth-order valence-electron chi connectivity index (χ4n) is 2.57. The highest BCUT2D eigenvalue weighted by atomic mass is 32.2. The molecule has 1 unspecified atom stereocenters. The van der Waals surface area contributed by atoms with Crippen LogP contribution >= 0.6 is 0 Å². The van der Waals surface area contributed by atoms with Crippen LogP contribution < -0.4 is 4.72 Å². The van der Waals surface area contributed by atoms with E-state index in [9.17, 15) is 12.8 Å². The number of nitrogens with zero attached hydrogens (tertiary/aromatic N) is 1. The largest absolute Gasteiger partial charge is 0.259 e. The van der Waals surface area contributed by atoms with Crippen molar-refractivity contribution < 1.29 is 12.8 Å². The predicted octanol–water partition coefficient (Wildman–Crippen LogP) is 3.60. The number of halogens is 1. The van der Waals surface area contributed by atoms with Crippen LogP contribution in [0.15, 0.2) is 77.8 Å². The first-order valence-electron chi connectivity index (χ1n) is 7.72. The zero-order valence-electron chi connectivity index (χ0n) is 13.6. The summed E-state index contributed by atoms with van der Waals surface area (Å²) in [5.41, 5.74) is 1.78. The van der Waals surface area contributed by atoms with Gasteiger partial charge in [-0.3, -0.25) is 4.98 Å². The molecule has 1 aromatic heterocycles. The Hall–Kier alpha value is -2.57. The molecule has 0 amide bonds. The first kappa shape index (κ1) is 17.3. The fourth-order valence-corrected chi connectivity index (χ4v) is 4.03. The molecule has 25 heavy (non-hydrogen) atoms. The van der Waals surface area contributed by atoms with Gasteiger partial charge in [0.1, 0.15) is 5.82 Å². The Morgan fingerprint density at radius 3 is 2.40 bits per heavy atom. The zero-order chi connectivity index (χ0) is 17.9. The summed E-state index contributed by atoms with van der Waals surface area (Å²) in [6.45, 7) is 1.63. The summed E-state index contributed by atoms with van der Waals surface area (Å²) < 4.78 is 41.9. The Morgan fingerprint density at radius 2 is 1.72 bits per heavy atom. The van der Waals surface area contributed by atoms with Gasteiger partial charge in [0.05, 0.1) is 16.6 Å². The van der Waals surface area contributed by atoms with E-state index in [0.29, 0.717) is 11.3 Å². The number of nitrogens with one attached hydrogen (secondary N) is 1. The lowest BCUT2D eigenvalue weighted by Gasteiger charge is -2.19. The van der Waals surface area contributed by atoms with E-state index in [1.54, 1.807) is 31.3 Å². The van der Waals surface area contributed by atoms with Crippen LogP contribution in [-0.4, -0.2) is 13.4 Å². The minimum absolute atomic E-state index is 0.0793. The van der Waals surface area contributed by atoms with Crippen LogP contribution in [0.4, 0.5) is 4.39 Å². The Balaban J connectivity index is 2.05. The van der Waals surface area contributed by atoms with Gasteiger partial charge in [0.25, 0.3) is 0 Å². The molecule has 1 heterocycles. The van der Waals surface area contributed by atoms with E-state index in [-0.39, 0.29) is 4.90 Å². The first-order valence-corrected chi connectivity index (χ1v) is 9.20. The lowest BCUT2D eigenvalue weighted by molar-refractivity contribution is 0.566. The summed E-state index contributed by atoms with van der Waals surface area (Å²) >= 11 is 0. The molecule has 0 saturated heterocycles. The molecule has 0 saturated carbocycles. The topological polar surface area (TPSA) is 59.1 Å². The van der Waals surface area contributed by atoms with Gasteiger partial charge in [-0.25, -0.2) is 12.8 Å². The van der Waals surface area contributed by atoms with E-state index < -0.39 is 21.9 Å². The highest BCUT2D eigenvalue weighted by molar-refractivity contribution is 7.89. The third-order valence-electron chi connectivity index (χ3n) is 3.83. The lowest BCUT2D eigenvalue weighted by atomic mass is 10.0. The average molecular weight is 356 g/mol. The molecule has 0 spiro atoms. The van der Waals surface area contributed by atoms with E-state index >= 15 is 0 Å². The highest BCUT2D eigenvalue weighted by Gasteiger charge is 2.25. The summed E-state index contributed by atoms with van der Waals surface area (Å²) in [6, 6.07) is 17.5. The molecule has 6 heteroatoms. The van der Waals surface area contributed by atoms with Gasteiger partial charge in [-0.15, -0.1) is 0 Å². The van der Waals surface area contributed by atoms with E-state index in [1.807, 2.05) is 30.3 Å². The molecule has 0 aliphatic rings. The van der Waals surface area contributed by atoms with Gasteiger partial charge >= 0.3 is 0 Å². The van der Waals surface area contributed by atoms with Crippen molar-refractivity contribution in [3.8, 4) is 0 Å². The Morgan fingerprint density at radius 1 is 1.00 bits per heavy atom. The third kappa shape index (κ3) is 3.92. The third-order valence-corrected chi connectivity index (χ3v) is 5.39. The molecule has 0 radical (unpaired) electrons. The number of rotatable bonds is 5. The van der Waals surface area contributed by atoms with Gasteiger partial charge in [0.2, 0.25) is 10.0 Å². The van der Waals surface area contributed by atoms with E-state index in [0.717, 1.165) is 11.6 Å². The van der Waals surface area contributed by atoms with E-state index in [4.69, 9.17) is 0 Å². The molecule has 1 atom stereocenters. The molecule has 2 aromatic carbocycles. The maximum atomic E-state index is 13.6. The van der Waals surface area contributed by atoms with Crippen LogP contribution in [0.3, 0.4) is 0 Å². The normalized spacial score (nSPS) is 12.7. The van der Waals surface area contributed by atoms with Crippen LogP contribution in [-0.2, 0) is 10.0 Å². The van der Waals surface area contributed by atoms with Crippen LogP contribution in [0, 0.1) is 12.7 Å². The molecule has 0 aliphatic carbocycles. The molecular formula is C19H17FN2O2S. The second kappa shape index (κ2) is 7.13. The summed E-state index contributed by atoms with van der Waals surface area (Å²) in [7, 11) is -3.94. The number of hydrogen-bond acceptors (Lipinski definition) is 3. The van der Waals surface area contributed by atoms with E-state index in [1.165, 1.54) is 12.1 Å². The smallest absolute Gasteiger partial charge is 0.241 e. The summed E-state index contributed by atoms with van der Waals surface area (Å²) in [6.07, 6.45) is 1.60. The average Bonchev–Trinajstić information content (AvgIpc) is 2.63. The summed E-state index contributed by atoms with van der Waals surface area (Å²) in [5, 5.41) is 0. The van der Waals surface area contributed by atoms with Crippen LogP contribution in [0.2, 0.25) is 0 Å².